The minimum Gasteiger partial charge on any atom is -0.453 e. The fourth-order valence-electron chi connectivity index (χ4n) is 10.3. The summed E-state index contributed by atoms with van der Waals surface area (Å²) in [4.78, 5) is 40.4. The molecule has 3 aromatic carbocycles. The van der Waals surface area contributed by atoms with Crippen LogP contribution in [0.4, 0.5) is 13.6 Å². The number of alkyl carbamates (subject to hydrolysis) is 1. The lowest BCUT2D eigenvalue weighted by molar-refractivity contribution is -0.144. The van der Waals surface area contributed by atoms with Crippen molar-refractivity contribution in [3.8, 4) is 33.5 Å². The lowest BCUT2D eigenvalue weighted by Crippen LogP contribution is -2.59. The van der Waals surface area contributed by atoms with Crippen LogP contribution in [0.5, 0.6) is 0 Å². The monoisotopic (exact) mass is 744 g/mol. The Balaban J connectivity index is 0.936. The number of amides is 2. The molecule has 284 valence electrons. The number of carbonyl (C=O) groups excluding carboxylic acids is 2. The van der Waals surface area contributed by atoms with Gasteiger partial charge in [-0.2, -0.15) is 8.78 Å². The second-order valence-electron chi connectivity index (χ2n) is 17.3. The smallest absolute Gasteiger partial charge is 0.407 e. The van der Waals surface area contributed by atoms with Crippen LogP contribution in [0.1, 0.15) is 88.0 Å². The van der Waals surface area contributed by atoms with E-state index in [1.807, 2.05) is 67.3 Å². The van der Waals surface area contributed by atoms with Crippen molar-refractivity contribution in [3.63, 3.8) is 0 Å². The van der Waals surface area contributed by atoms with Gasteiger partial charge in [-0.3, -0.25) is 4.79 Å². The van der Waals surface area contributed by atoms with Crippen molar-refractivity contribution in [1.29, 1.82) is 0 Å². The molecule has 9 nitrogen and oxygen atoms in total. The summed E-state index contributed by atoms with van der Waals surface area (Å²) in [6.45, 7) is 6.94. The minimum absolute atomic E-state index is 0.00326. The van der Waals surface area contributed by atoms with Crippen LogP contribution >= 0.6 is 0 Å². The van der Waals surface area contributed by atoms with Gasteiger partial charge >= 0.3 is 6.09 Å². The third-order valence-electron chi connectivity index (χ3n) is 13.7. The lowest BCUT2D eigenvalue weighted by Gasteiger charge is -2.45. The van der Waals surface area contributed by atoms with Crippen LogP contribution in [-0.2, 0) is 21.0 Å². The predicted molar refractivity (Wildman–Crippen MR) is 206 cm³/mol. The highest BCUT2D eigenvalue weighted by molar-refractivity contribution is 5.89. The summed E-state index contributed by atoms with van der Waals surface area (Å²) in [5.74, 6) is -2.57. The van der Waals surface area contributed by atoms with Gasteiger partial charge in [-0.15, -0.1) is 0 Å². The zero-order valence-corrected chi connectivity index (χ0v) is 31.6. The van der Waals surface area contributed by atoms with Crippen molar-refractivity contribution in [2.24, 2.45) is 17.3 Å². The SMILES string of the molecule is COC(=O)N[C@@H](C(=O)N1[C@@H]2CC[C@@H](C2)C1(C)c1nc2ccc(-c3ccc4c(c3)C(F)(F)c3cc(-c5ccc([C@@H]6CC7(CC7)CN6)[nH]5)ccc3-4)cc2[nH]1)C(C)C. The van der Waals surface area contributed by atoms with Crippen LogP contribution in [0, 0.1) is 17.3 Å². The number of fused-ring (bicyclic) bond motifs is 6. The molecule has 2 aliphatic heterocycles. The molecule has 5 atom stereocenters. The molecule has 3 aliphatic carbocycles. The average molecular weight is 745 g/mol. The number of hydrogen-bond acceptors (Lipinski definition) is 5. The first-order chi connectivity index (χ1) is 26.4. The lowest BCUT2D eigenvalue weighted by atomic mass is 9.83. The van der Waals surface area contributed by atoms with Crippen molar-refractivity contribution >= 4 is 23.0 Å². The van der Waals surface area contributed by atoms with E-state index in [2.05, 4.69) is 33.6 Å². The summed E-state index contributed by atoms with van der Waals surface area (Å²) in [6.07, 6.45) is 5.79. The van der Waals surface area contributed by atoms with Crippen molar-refractivity contribution < 1.29 is 23.1 Å². The number of H-pyrrole nitrogens is 2. The van der Waals surface area contributed by atoms with Gasteiger partial charge in [0.2, 0.25) is 5.91 Å². The number of alkyl halides is 2. The van der Waals surface area contributed by atoms with E-state index >= 15 is 8.78 Å². The molecule has 11 heteroatoms. The van der Waals surface area contributed by atoms with Gasteiger partial charge in [0.1, 0.15) is 17.4 Å². The quantitative estimate of drug-likeness (QED) is 0.133. The van der Waals surface area contributed by atoms with Gasteiger partial charge in [-0.05, 0) is 127 Å². The molecule has 0 radical (unpaired) electrons. The Labute approximate surface area is 318 Å². The Morgan fingerprint density at radius 3 is 2.35 bits per heavy atom. The van der Waals surface area contributed by atoms with Gasteiger partial charge in [-0.25, -0.2) is 9.78 Å². The normalized spacial score (nSPS) is 25.8. The van der Waals surface area contributed by atoms with E-state index in [-0.39, 0.29) is 41.0 Å². The van der Waals surface area contributed by atoms with E-state index in [1.165, 1.54) is 20.0 Å². The molecule has 2 saturated heterocycles. The van der Waals surface area contributed by atoms with Crippen molar-refractivity contribution in [1.82, 2.24) is 30.5 Å². The summed E-state index contributed by atoms with van der Waals surface area (Å²) < 4.78 is 37.7. The molecule has 4 fully saturated rings. The number of nitrogens with one attached hydrogen (secondary N) is 4. The molecule has 4 heterocycles. The number of likely N-dealkylation sites (tertiary alicyclic amines) is 1. The third kappa shape index (κ3) is 5.21. The Hall–Kier alpha value is -5.03. The average Bonchev–Trinajstić information content (AvgIpc) is 3.83. The van der Waals surface area contributed by atoms with Crippen molar-refractivity contribution in [3.05, 3.63) is 89.4 Å². The molecular weight excluding hydrogens is 699 g/mol. The first kappa shape index (κ1) is 34.5. The molecule has 2 bridgehead atoms. The zero-order valence-electron chi connectivity index (χ0n) is 31.6. The first-order valence-electron chi connectivity index (χ1n) is 19.7. The second kappa shape index (κ2) is 12.0. The van der Waals surface area contributed by atoms with Gasteiger partial charge in [-0.1, -0.05) is 44.2 Å². The predicted octanol–water partition coefficient (Wildman–Crippen LogP) is 8.77. The Kier molecular flexibility index (Phi) is 7.51. The zero-order chi connectivity index (χ0) is 38.0. The molecule has 2 aromatic heterocycles. The third-order valence-corrected chi connectivity index (χ3v) is 13.7. The summed E-state index contributed by atoms with van der Waals surface area (Å²) in [5, 5.41) is 6.40. The van der Waals surface area contributed by atoms with E-state index in [4.69, 9.17) is 9.72 Å². The van der Waals surface area contributed by atoms with Gasteiger partial charge in [0.25, 0.3) is 5.92 Å². The van der Waals surface area contributed by atoms with E-state index in [9.17, 15) is 9.59 Å². The Morgan fingerprint density at radius 2 is 1.64 bits per heavy atom. The number of methoxy groups -OCH3 is 1. The van der Waals surface area contributed by atoms with Gasteiger partial charge in [0.15, 0.2) is 0 Å². The summed E-state index contributed by atoms with van der Waals surface area (Å²) >= 11 is 0. The van der Waals surface area contributed by atoms with Crippen LogP contribution in [0.2, 0.25) is 0 Å². The molecule has 1 unspecified atom stereocenters. The molecule has 2 amide bonds. The Bertz CT molecular complexity index is 2400. The fraction of sp³-hybridized carbons (Fsp3) is 0.432. The molecular formula is C44H46F2N6O3. The van der Waals surface area contributed by atoms with Crippen LogP contribution in [0.3, 0.4) is 0 Å². The van der Waals surface area contributed by atoms with Crippen LogP contribution in [0.15, 0.2) is 66.7 Å². The second-order valence-corrected chi connectivity index (χ2v) is 17.3. The number of ether oxygens (including phenoxy) is 1. The standard InChI is InChI=1S/C44H46F2N6O3/c1-23(2)38(51-41(54)55-4)39(53)52-28-9-8-27(20-28)42(52,3)40-49-34-12-7-25(19-36(34)50-40)24-5-10-29-30-11-6-26(18-32(30)44(45,46)31(29)17-24)33-13-14-35(48-33)37-21-43(15-16-43)22-47-37/h5-7,10-14,17-19,23,27-28,37-38,47-48H,8-9,15-16,20-22H2,1-4H3,(H,49,50)(H,51,54)/t27-,28+,37-,38+,42?/m0/s1. The molecule has 4 N–H and O–H groups in total. The van der Waals surface area contributed by atoms with Crippen molar-refractivity contribution in [2.75, 3.05) is 13.7 Å². The number of halogens is 2. The molecule has 5 aromatic rings. The maximum absolute atomic E-state index is 16.4. The number of nitrogens with zero attached hydrogens (tertiary/aromatic N) is 2. The fourth-order valence-corrected chi connectivity index (χ4v) is 10.3. The topological polar surface area (TPSA) is 115 Å². The minimum atomic E-state index is -3.16. The number of hydrogen-bond donors (Lipinski definition) is 4. The highest BCUT2D eigenvalue weighted by atomic mass is 19.3. The van der Waals surface area contributed by atoms with E-state index in [1.54, 1.807) is 12.1 Å². The van der Waals surface area contributed by atoms with Gasteiger partial charge in [0, 0.05) is 41.1 Å². The number of benzene rings is 3. The van der Waals surface area contributed by atoms with Crippen LogP contribution in [-0.4, -0.2) is 57.6 Å². The summed E-state index contributed by atoms with van der Waals surface area (Å²) in [6, 6.07) is 20.2. The highest BCUT2D eigenvalue weighted by Crippen LogP contribution is 2.56. The summed E-state index contributed by atoms with van der Waals surface area (Å²) in [7, 11) is 1.29. The number of carbonyl (C=O) groups is 2. The Morgan fingerprint density at radius 1 is 0.927 bits per heavy atom. The largest absolute Gasteiger partial charge is 0.453 e. The molecule has 2 saturated carbocycles. The van der Waals surface area contributed by atoms with E-state index in [0.29, 0.717) is 27.9 Å². The van der Waals surface area contributed by atoms with Gasteiger partial charge in [0.05, 0.1) is 18.1 Å². The molecule has 5 aliphatic rings. The van der Waals surface area contributed by atoms with E-state index < -0.39 is 23.6 Å². The highest BCUT2D eigenvalue weighted by Gasteiger charge is 2.59. The number of aromatic amines is 2. The van der Waals surface area contributed by atoms with Crippen LogP contribution < -0.4 is 10.6 Å². The van der Waals surface area contributed by atoms with E-state index in [0.717, 1.165) is 65.8 Å². The van der Waals surface area contributed by atoms with Crippen LogP contribution in [0.25, 0.3) is 44.5 Å². The maximum atomic E-state index is 16.4. The number of rotatable bonds is 7. The van der Waals surface area contributed by atoms with Gasteiger partial charge < -0.3 is 30.2 Å². The molecule has 10 rings (SSSR count). The molecule has 55 heavy (non-hydrogen) atoms. The number of piperidine rings is 1. The molecule has 1 spiro atoms. The van der Waals surface area contributed by atoms with Crippen molar-refractivity contribution in [2.45, 2.75) is 88.9 Å². The number of aromatic nitrogens is 3. The first-order valence-corrected chi connectivity index (χ1v) is 19.7. The summed E-state index contributed by atoms with van der Waals surface area (Å²) in [5.41, 5.74) is 6.58. The number of imidazole rings is 1. The maximum Gasteiger partial charge on any atom is 0.407 e.